The maximum absolute atomic E-state index is 12.1. The Labute approximate surface area is 151 Å². The van der Waals surface area contributed by atoms with Gasteiger partial charge in [0.25, 0.3) is 5.56 Å². The average Bonchev–Trinajstić information content (AvgIpc) is 2.60. The number of aromatic amines is 1. The van der Waals surface area contributed by atoms with Crippen LogP contribution >= 0.6 is 0 Å². The number of hydrogen-bond donors (Lipinski definition) is 2. The lowest BCUT2D eigenvalue weighted by Gasteiger charge is -2.15. The third-order valence-electron chi connectivity index (χ3n) is 3.92. The lowest BCUT2D eigenvalue weighted by molar-refractivity contribution is 0.415. The molecule has 1 heterocycles. The molecule has 2 aromatic carbocycles. The number of nitrogens with one attached hydrogen (secondary N) is 2. The Morgan fingerprint density at radius 2 is 1.92 bits per heavy atom. The van der Waals surface area contributed by atoms with Crippen LogP contribution in [0.1, 0.15) is 32.0 Å². The third kappa shape index (κ3) is 3.56. The van der Waals surface area contributed by atoms with Gasteiger partial charge in [0.05, 0.1) is 13.3 Å². The highest BCUT2D eigenvalue weighted by molar-refractivity contribution is 6.02. The Morgan fingerprint density at radius 1 is 1.15 bits per heavy atom. The van der Waals surface area contributed by atoms with E-state index in [1.165, 1.54) is 0 Å². The predicted molar refractivity (Wildman–Crippen MR) is 103 cm³/mol. The maximum atomic E-state index is 12.1. The van der Waals surface area contributed by atoms with Gasteiger partial charge in [-0.05, 0) is 16.8 Å². The lowest BCUT2D eigenvalue weighted by atomic mass is 9.93. The van der Waals surface area contributed by atoms with Crippen LogP contribution in [0, 0.1) is 0 Å². The summed E-state index contributed by atoms with van der Waals surface area (Å²) in [6, 6.07) is 11.8. The summed E-state index contributed by atoms with van der Waals surface area (Å²) in [6.45, 7) is 5.72. The average molecular weight is 351 g/mol. The fourth-order valence-electron chi connectivity index (χ4n) is 2.62. The lowest BCUT2D eigenvalue weighted by Crippen LogP contribution is -2.28. The highest BCUT2D eigenvalue weighted by atomic mass is 16.5. The summed E-state index contributed by atoms with van der Waals surface area (Å²) in [5.41, 5.74) is 3.26. The Morgan fingerprint density at radius 3 is 2.62 bits per heavy atom. The van der Waals surface area contributed by atoms with Crippen molar-refractivity contribution in [2.45, 2.75) is 26.2 Å². The molecule has 0 aliphatic rings. The largest absolute Gasteiger partial charge is 0.496 e. The number of rotatable bonds is 4. The van der Waals surface area contributed by atoms with Gasteiger partial charge in [0, 0.05) is 11.0 Å². The Balaban J connectivity index is 1.89. The molecular weight excluding hydrogens is 330 g/mol. The first kappa shape index (κ1) is 17.6. The molecule has 0 aliphatic heterocycles. The van der Waals surface area contributed by atoms with E-state index < -0.39 is 0 Å². The van der Waals surface area contributed by atoms with Crippen LogP contribution in [0.15, 0.2) is 46.3 Å². The van der Waals surface area contributed by atoms with Gasteiger partial charge < -0.3 is 4.74 Å². The second kappa shape index (κ2) is 6.95. The summed E-state index contributed by atoms with van der Waals surface area (Å²) in [5, 5.41) is 14.3. The fraction of sp³-hybridized carbons (Fsp3) is 0.263. The van der Waals surface area contributed by atoms with E-state index in [1.54, 1.807) is 13.3 Å². The van der Waals surface area contributed by atoms with Gasteiger partial charge in [0.1, 0.15) is 11.4 Å². The molecule has 0 atom stereocenters. The molecule has 7 nitrogen and oxygen atoms in total. The van der Waals surface area contributed by atoms with E-state index >= 15 is 0 Å². The number of H-pyrrole nitrogens is 1. The van der Waals surface area contributed by atoms with Crippen molar-refractivity contribution in [2.75, 3.05) is 12.5 Å². The number of ether oxygens (including phenoxy) is 1. The summed E-state index contributed by atoms with van der Waals surface area (Å²) >= 11 is 0. The topological polar surface area (TPSA) is 92.3 Å². The normalized spacial score (nSPS) is 11.8. The zero-order chi connectivity index (χ0) is 18.7. The molecule has 0 saturated heterocycles. The Kier molecular flexibility index (Phi) is 4.71. The van der Waals surface area contributed by atoms with E-state index in [9.17, 15) is 4.79 Å². The first-order valence-corrected chi connectivity index (χ1v) is 8.22. The van der Waals surface area contributed by atoms with Crippen molar-refractivity contribution in [2.24, 2.45) is 5.10 Å². The van der Waals surface area contributed by atoms with E-state index in [4.69, 9.17) is 4.74 Å². The van der Waals surface area contributed by atoms with Crippen molar-refractivity contribution in [1.29, 1.82) is 0 Å². The monoisotopic (exact) mass is 351 g/mol. The standard InChI is InChI=1S/C19H21N5O2/c1-19(2,3)16-17(25)21-18(24-22-16)23-20-11-14-13-8-6-5-7-12(13)9-10-15(14)26-4/h5-11H,1-4H3,(H2,21,23,24,25)/b20-11+. The van der Waals surface area contributed by atoms with Crippen LogP contribution in [0.5, 0.6) is 5.75 Å². The number of benzene rings is 2. The molecule has 2 N–H and O–H groups in total. The van der Waals surface area contributed by atoms with Crippen LogP contribution in [-0.4, -0.2) is 28.5 Å². The number of aromatic nitrogens is 3. The van der Waals surface area contributed by atoms with Crippen LogP contribution < -0.4 is 15.7 Å². The number of fused-ring (bicyclic) bond motifs is 1. The molecule has 0 radical (unpaired) electrons. The first-order valence-electron chi connectivity index (χ1n) is 8.22. The van der Waals surface area contributed by atoms with Crippen molar-refractivity contribution < 1.29 is 4.74 Å². The van der Waals surface area contributed by atoms with Gasteiger partial charge in [0.2, 0.25) is 5.95 Å². The Bertz CT molecular complexity index is 1020. The maximum Gasteiger partial charge on any atom is 0.274 e. The molecule has 3 aromatic rings. The molecule has 0 spiro atoms. The molecule has 0 fully saturated rings. The number of nitrogens with zero attached hydrogens (tertiary/aromatic N) is 3. The third-order valence-corrected chi connectivity index (χ3v) is 3.92. The molecule has 0 bridgehead atoms. The van der Waals surface area contributed by atoms with Crippen molar-refractivity contribution in [1.82, 2.24) is 15.2 Å². The molecular formula is C19H21N5O2. The van der Waals surface area contributed by atoms with Gasteiger partial charge in [-0.1, -0.05) is 51.1 Å². The summed E-state index contributed by atoms with van der Waals surface area (Å²) in [5.74, 6) is 0.885. The zero-order valence-corrected chi connectivity index (χ0v) is 15.2. The quantitative estimate of drug-likeness (QED) is 0.557. The fourth-order valence-corrected chi connectivity index (χ4v) is 2.62. The predicted octanol–water partition coefficient (Wildman–Crippen LogP) is 3.07. The molecule has 0 unspecified atom stereocenters. The van der Waals surface area contributed by atoms with Crippen LogP contribution in [-0.2, 0) is 5.41 Å². The van der Waals surface area contributed by atoms with Crippen molar-refractivity contribution in [3.63, 3.8) is 0 Å². The molecule has 134 valence electrons. The minimum Gasteiger partial charge on any atom is -0.496 e. The SMILES string of the molecule is COc1ccc2ccccc2c1/C=N/Nc1nnc(C(C)(C)C)c(=O)[nH]1. The van der Waals surface area contributed by atoms with Gasteiger partial charge >= 0.3 is 0 Å². The number of hydrogen-bond acceptors (Lipinski definition) is 6. The van der Waals surface area contributed by atoms with Crippen LogP contribution in [0.25, 0.3) is 10.8 Å². The summed E-state index contributed by atoms with van der Waals surface area (Å²) < 4.78 is 5.42. The van der Waals surface area contributed by atoms with Gasteiger partial charge in [0.15, 0.2) is 0 Å². The molecule has 3 rings (SSSR count). The van der Waals surface area contributed by atoms with E-state index in [-0.39, 0.29) is 16.9 Å². The minimum absolute atomic E-state index is 0.179. The highest BCUT2D eigenvalue weighted by Gasteiger charge is 2.20. The number of hydrazone groups is 1. The Hall–Kier alpha value is -3.22. The summed E-state index contributed by atoms with van der Waals surface area (Å²) in [7, 11) is 1.61. The number of methoxy groups -OCH3 is 1. The van der Waals surface area contributed by atoms with Gasteiger partial charge in [-0.3, -0.25) is 9.78 Å². The van der Waals surface area contributed by atoms with E-state index in [2.05, 4.69) is 25.7 Å². The summed E-state index contributed by atoms with van der Waals surface area (Å²) in [6.07, 6.45) is 1.64. The molecule has 1 aromatic heterocycles. The van der Waals surface area contributed by atoms with E-state index in [1.807, 2.05) is 57.2 Å². The molecule has 0 saturated carbocycles. The number of anilines is 1. The van der Waals surface area contributed by atoms with Crippen molar-refractivity contribution in [3.05, 3.63) is 58.0 Å². The smallest absolute Gasteiger partial charge is 0.274 e. The molecule has 0 aliphatic carbocycles. The van der Waals surface area contributed by atoms with Crippen LogP contribution in [0.2, 0.25) is 0 Å². The van der Waals surface area contributed by atoms with Gasteiger partial charge in [-0.25, -0.2) is 5.43 Å². The zero-order valence-electron chi connectivity index (χ0n) is 15.2. The van der Waals surface area contributed by atoms with Crippen molar-refractivity contribution in [3.8, 4) is 5.75 Å². The summed E-state index contributed by atoms with van der Waals surface area (Å²) in [4.78, 5) is 14.8. The second-order valence-corrected chi connectivity index (χ2v) is 6.87. The highest BCUT2D eigenvalue weighted by Crippen LogP contribution is 2.26. The van der Waals surface area contributed by atoms with E-state index in [0.29, 0.717) is 11.4 Å². The van der Waals surface area contributed by atoms with Crippen molar-refractivity contribution >= 4 is 22.9 Å². The first-order chi connectivity index (χ1) is 12.4. The molecule has 0 amide bonds. The van der Waals surface area contributed by atoms with Crippen LogP contribution in [0.3, 0.4) is 0 Å². The van der Waals surface area contributed by atoms with E-state index in [0.717, 1.165) is 16.3 Å². The van der Waals surface area contributed by atoms with Gasteiger partial charge in [-0.15, -0.1) is 10.2 Å². The second-order valence-electron chi connectivity index (χ2n) is 6.87. The minimum atomic E-state index is -0.376. The van der Waals surface area contributed by atoms with Crippen LogP contribution in [0.4, 0.5) is 5.95 Å². The molecule has 7 heteroatoms. The van der Waals surface area contributed by atoms with Gasteiger partial charge in [-0.2, -0.15) is 5.10 Å². The molecule has 26 heavy (non-hydrogen) atoms.